The van der Waals surface area contributed by atoms with Gasteiger partial charge in [-0.05, 0) is 18.8 Å². The number of hydrogen-bond donors (Lipinski definition) is 0. The molecule has 2 nitrogen and oxygen atoms in total. The van der Waals surface area contributed by atoms with Gasteiger partial charge in [0.05, 0.1) is 6.61 Å². The summed E-state index contributed by atoms with van der Waals surface area (Å²) in [7, 11) is 0. The molecule has 0 aliphatic rings. The van der Waals surface area contributed by atoms with Crippen molar-refractivity contribution in [2.75, 3.05) is 6.61 Å². The first-order valence-corrected chi connectivity index (χ1v) is 12.9. The van der Waals surface area contributed by atoms with E-state index < -0.39 is 0 Å². The maximum Gasteiger partial charge on any atom is 0.305 e. The Hall–Kier alpha value is -0.530. The summed E-state index contributed by atoms with van der Waals surface area (Å²) in [6.45, 7) is 7.23. The first-order valence-electron chi connectivity index (χ1n) is 12.9. The highest BCUT2D eigenvalue weighted by Gasteiger charge is 2.06. The fourth-order valence-electron chi connectivity index (χ4n) is 3.88. The second-order valence-electron chi connectivity index (χ2n) is 8.98. The van der Waals surface area contributed by atoms with Crippen LogP contribution in [0.4, 0.5) is 0 Å². The minimum Gasteiger partial charge on any atom is -0.465 e. The molecule has 2 heteroatoms. The van der Waals surface area contributed by atoms with Crippen molar-refractivity contribution in [3.05, 3.63) is 0 Å². The Morgan fingerprint density at radius 3 is 1.39 bits per heavy atom. The Balaban J connectivity index is 3.14. The van der Waals surface area contributed by atoms with E-state index in [1.54, 1.807) is 0 Å². The second-order valence-corrected chi connectivity index (χ2v) is 8.98. The van der Waals surface area contributed by atoms with Crippen molar-refractivity contribution in [3.8, 4) is 0 Å². The van der Waals surface area contributed by atoms with Crippen molar-refractivity contribution in [2.45, 2.75) is 149 Å². The number of hydrogen-bond acceptors (Lipinski definition) is 2. The zero-order valence-electron chi connectivity index (χ0n) is 19.7. The third-order valence-electron chi connectivity index (χ3n) is 5.79. The van der Waals surface area contributed by atoms with Crippen LogP contribution in [0.3, 0.4) is 0 Å². The smallest absolute Gasteiger partial charge is 0.305 e. The topological polar surface area (TPSA) is 26.3 Å². The molecule has 0 fully saturated rings. The summed E-state index contributed by atoms with van der Waals surface area (Å²) in [5, 5.41) is 0. The summed E-state index contributed by atoms with van der Waals surface area (Å²) < 4.78 is 5.35. The molecule has 168 valence electrons. The molecule has 0 radical (unpaired) electrons. The van der Waals surface area contributed by atoms with Gasteiger partial charge in [-0.15, -0.1) is 0 Å². The van der Waals surface area contributed by atoms with Gasteiger partial charge in [-0.3, -0.25) is 4.79 Å². The van der Waals surface area contributed by atoms with Gasteiger partial charge in [-0.2, -0.15) is 0 Å². The number of carbonyl (C=O) groups is 1. The zero-order chi connectivity index (χ0) is 20.7. The Bertz CT molecular complexity index is 314. The average Bonchev–Trinajstić information content (AvgIpc) is 2.69. The van der Waals surface area contributed by atoms with Crippen LogP contribution in [-0.2, 0) is 9.53 Å². The molecule has 0 bridgehead atoms. The van der Waals surface area contributed by atoms with Gasteiger partial charge in [-0.25, -0.2) is 0 Å². The van der Waals surface area contributed by atoms with Crippen LogP contribution in [0.2, 0.25) is 0 Å². The van der Waals surface area contributed by atoms with Gasteiger partial charge in [0.1, 0.15) is 0 Å². The van der Waals surface area contributed by atoms with Crippen LogP contribution in [0.1, 0.15) is 149 Å². The first kappa shape index (κ1) is 27.5. The SMILES string of the molecule is CCCCCCCCCCCCCCCCCCCC(=O)OC[C@@H](C)CCC. The minimum atomic E-state index is 0.00362. The van der Waals surface area contributed by atoms with Crippen LogP contribution in [0.5, 0.6) is 0 Å². The van der Waals surface area contributed by atoms with Crippen LogP contribution in [0, 0.1) is 5.92 Å². The molecule has 0 rings (SSSR count). The van der Waals surface area contributed by atoms with Gasteiger partial charge in [-0.1, -0.05) is 130 Å². The van der Waals surface area contributed by atoms with Gasteiger partial charge < -0.3 is 4.74 Å². The highest BCUT2D eigenvalue weighted by atomic mass is 16.5. The monoisotopic (exact) mass is 396 g/mol. The van der Waals surface area contributed by atoms with Gasteiger partial charge in [0.15, 0.2) is 0 Å². The lowest BCUT2D eigenvalue weighted by Crippen LogP contribution is -2.11. The molecule has 0 saturated heterocycles. The second kappa shape index (κ2) is 22.8. The lowest BCUT2D eigenvalue weighted by Gasteiger charge is -2.10. The van der Waals surface area contributed by atoms with Crippen molar-refractivity contribution in [2.24, 2.45) is 5.92 Å². The minimum absolute atomic E-state index is 0.00362. The number of carbonyl (C=O) groups excluding carboxylic acids is 1. The molecule has 0 saturated carbocycles. The van der Waals surface area contributed by atoms with Crippen molar-refractivity contribution < 1.29 is 9.53 Å². The maximum absolute atomic E-state index is 11.7. The number of rotatable bonds is 22. The highest BCUT2D eigenvalue weighted by molar-refractivity contribution is 5.69. The molecule has 0 spiro atoms. The summed E-state index contributed by atoms with van der Waals surface area (Å²) in [5.74, 6) is 0.508. The lowest BCUT2D eigenvalue weighted by atomic mass is 10.0. The lowest BCUT2D eigenvalue weighted by molar-refractivity contribution is -0.145. The van der Waals surface area contributed by atoms with E-state index in [2.05, 4.69) is 20.8 Å². The molecule has 0 aromatic carbocycles. The van der Waals surface area contributed by atoms with E-state index in [1.807, 2.05) is 0 Å². The quantitative estimate of drug-likeness (QED) is 0.135. The van der Waals surface area contributed by atoms with Crippen molar-refractivity contribution in [1.29, 1.82) is 0 Å². The van der Waals surface area contributed by atoms with Crippen molar-refractivity contribution >= 4 is 5.97 Å². The molecule has 0 heterocycles. The number of ether oxygens (including phenoxy) is 1. The van der Waals surface area contributed by atoms with E-state index in [1.165, 1.54) is 103 Å². The first-order chi connectivity index (χ1) is 13.7. The molecule has 0 aromatic rings. The molecule has 0 aliphatic carbocycles. The molecule has 0 N–H and O–H groups in total. The van der Waals surface area contributed by atoms with E-state index in [0.717, 1.165) is 19.3 Å². The van der Waals surface area contributed by atoms with Crippen LogP contribution >= 0.6 is 0 Å². The fraction of sp³-hybridized carbons (Fsp3) is 0.962. The number of unbranched alkanes of at least 4 members (excludes halogenated alkanes) is 16. The summed E-state index contributed by atoms with van der Waals surface area (Å²) in [4.78, 5) is 11.7. The van der Waals surface area contributed by atoms with E-state index in [-0.39, 0.29) is 5.97 Å². The molecule has 0 aromatic heterocycles. The van der Waals surface area contributed by atoms with Gasteiger partial charge in [0.25, 0.3) is 0 Å². The molecule has 28 heavy (non-hydrogen) atoms. The molecular weight excluding hydrogens is 344 g/mol. The average molecular weight is 397 g/mol. The molecule has 0 unspecified atom stereocenters. The summed E-state index contributed by atoms with van der Waals surface area (Å²) in [6.07, 6.45) is 26.2. The number of esters is 1. The molecular formula is C26H52O2. The standard InChI is InChI=1S/C26H52O2/c1-4-6-7-8-9-10-11-12-13-14-15-16-17-18-19-20-21-23-26(27)28-24-25(3)22-5-2/h25H,4-24H2,1-3H3/t25-/m0/s1. The van der Waals surface area contributed by atoms with Gasteiger partial charge in [0, 0.05) is 6.42 Å². The van der Waals surface area contributed by atoms with Crippen LogP contribution < -0.4 is 0 Å². The Kier molecular flexibility index (Phi) is 22.3. The third-order valence-corrected chi connectivity index (χ3v) is 5.79. The van der Waals surface area contributed by atoms with Gasteiger partial charge in [0.2, 0.25) is 0 Å². The molecule has 0 amide bonds. The van der Waals surface area contributed by atoms with E-state index in [9.17, 15) is 4.79 Å². The van der Waals surface area contributed by atoms with E-state index >= 15 is 0 Å². The molecule has 1 atom stereocenters. The normalized spacial score (nSPS) is 12.2. The molecule has 0 aliphatic heterocycles. The third kappa shape index (κ3) is 21.8. The van der Waals surface area contributed by atoms with Crippen LogP contribution in [-0.4, -0.2) is 12.6 Å². The van der Waals surface area contributed by atoms with E-state index in [0.29, 0.717) is 18.9 Å². The highest BCUT2D eigenvalue weighted by Crippen LogP contribution is 2.14. The van der Waals surface area contributed by atoms with Gasteiger partial charge >= 0.3 is 5.97 Å². The Labute approximate surface area is 177 Å². The Morgan fingerprint density at radius 1 is 0.607 bits per heavy atom. The Morgan fingerprint density at radius 2 is 1.00 bits per heavy atom. The maximum atomic E-state index is 11.7. The van der Waals surface area contributed by atoms with Crippen LogP contribution in [0.15, 0.2) is 0 Å². The zero-order valence-corrected chi connectivity index (χ0v) is 19.7. The van der Waals surface area contributed by atoms with Crippen LogP contribution in [0.25, 0.3) is 0 Å². The van der Waals surface area contributed by atoms with E-state index in [4.69, 9.17) is 4.74 Å². The fourth-order valence-corrected chi connectivity index (χ4v) is 3.88. The predicted molar refractivity (Wildman–Crippen MR) is 124 cm³/mol. The predicted octanol–water partition coefficient (Wildman–Crippen LogP) is 9.01. The summed E-state index contributed by atoms with van der Waals surface area (Å²) in [5.41, 5.74) is 0. The summed E-state index contributed by atoms with van der Waals surface area (Å²) in [6, 6.07) is 0. The van der Waals surface area contributed by atoms with Crippen molar-refractivity contribution in [3.63, 3.8) is 0 Å². The summed E-state index contributed by atoms with van der Waals surface area (Å²) >= 11 is 0. The van der Waals surface area contributed by atoms with Crippen molar-refractivity contribution in [1.82, 2.24) is 0 Å². The largest absolute Gasteiger partial charge is 0.465 e.